The fourth-order valence-corrected chi connectivity index (χ4v) is 1.65. The van der Waals surface area contributed by atoms with Crippen molar-refractivity contribution >= 4 is 12.0 Å². The van der Waals surface area contributed by atoms with Crippen LogP contribution in [-0.4, -0.2) is 52.0 Å². The van der Waals surface area contributed by atoms with E-state index in [0.717, 1.165) is 13.0 Å². The van der Waals surface area contributed by atoms with Crippen LogP contribution >= 0.6 is 0 Å². The average molecular weight is 225 g/mol. The topological polar surface area (TPSA) is 72.3 Å². The number of amides is 2. The van der Waals surface area contributed by atoms with E-state index < -0.39 is 0 Å². The van der Waals surface area contributed by atoms with E-state index in [1.807, 2.05) is 0 Å². The van der Waals surface area contributed by atoms with Gasteiger partial charge >= 0.3 is 6.03 Å². The Morgan fingerprint density at radius 2 is 2.56 bits per heavy atom. The fraction of sp³-hybridized carbons (Fsp3) is 0.667. The van der Waals surface area contributed by atoms with E-state index >= 15 is 0 Å². The molecule has 1 atom stereocenters. The zero-order valence-corrected chi connectivity index (χ0v) is 9.38. The molecular formula is C9H15N5O2. The predicted molar refractivity (Wildman–Crippen MR) is 57.0 cm³/mol. The number of carbonyl (C=O) groups excluding carboxylic acids is 1. The Balaban J connectivity index is 1.91. The molecule has 1 unspecified atom stereocenters. The fourth-order valence-electron chi connectivity index (χ4n) is 1.65. The van der Waals surface area contributed by atoms with Crippen LogP contribution in [0, 0.1) is 0 Å². The summed E-state index contributed by atoms with van der Waals surface area (Å²) in [6.45, 7) is 1.34. The molecule has 2 rings (SSSR count). The highest BCUT2D eigenvalue weighted by molar-refractivity contribution is 5.88. The smallest absolute Gasteiger partial charge is 0.324 e. The number of aryl methyl sites for hydroxylation is 1. The van der Waals surface area contributed by atoms with Gasteiger partial charge in [0, 0.05) is 20.7 Å². The van der Waals surface area contributed by atoms with Gasteiger partial charge in [0.25, 0.3) is 0 Å². The molecule has 1 N–H and O–H groups in total. The number of urea groups is 1. The molecule has 1 aromatic heterocycles. The van der Waals surface area contributed by atoms with Crippen LogP contribution < -0.4 is 5.32 Å². The number of nitrogens with zero attached hydrogens (tertiary/aromatic N) is 4. The molecule has 1 aliphatic rings. The number of anilines is 1. The number of carbonyl (C=O) groups is 1. The summed E-state index contributed by atoms with van der Waals surface area (Å²) in [4.78, 5) is 17.5. The maximum absolute atomic E-state index is 11.8. The van der Waals surface area contributed by atoms with Gasteiger partial charge in [-0.1, -0.05) is 0 Å². The van der Waals surface area contributed by atoms with Crippen LogP contribution in [0.15, 0.2) is 6.33 Å². The normalized spacial score (nSPS) is 19.4. The van der Waals surface area contributed by atoms with Gasteiger partial charge in [-0.3, -0.25) is 5.32 Å². The summed E-state index contributed by atoms with van der Waals surface area (Å²) in [5.41, 5.74) is 0. The third-order valence-electron chi connectivity index (χ3n) is 2.69. The number of hydrogen-bond acceptors (Lipinski definition) is 4. The zero-order valence-electron chi connectivity index (χ0n) is 9.38. The molecule has 1 saturated heterocycles. The molecule has 1 aliphatic heterocycles. The summed E-state index contributed by atoms with van der Waals surface area (Å²) in [5.74, 6) is 0.452. The van der Waals surface area contributed by atoms with Crippen molar-refractivity contribution < 1.29 is 9.53 Å². The Morgan fingerprint density at radius 1 is 1.75 bits per heavy atom. The van der Waals surface area contributed by atoms with E-state index in [4.69, 9.17) is 4.74 Å². The SMILES string of the molecule is COCC1CCN1C(=O)Nc1ncnn1C. The van der Waals surface area contributed by atoms with Crippen LogP contribution in [0.5, 0.6) is 0 Å². The molecule has 0 radical (unpaired) electrons. The van der Waals surface area contributed by atoms with Crippen LogP contribution in [0.3, 0.4) is 0 Å². The molecule has 7 nitrogen and oxygen atoms in total. The van der Waals surface area contributed by atoms with Crippen molar-refractivity contribution in [3.05, 3.63) is 6.33 Å². The third kappa shape index (κ3) is 1.99. The van der Waals surface area contributed by atoms with Gasteiger partial charge in [-0.15, -0.1) is 0 Å². The number of nitrogens with one attached hydrogen (secondary N) is 1. The largest absolute Gasteiger partial charge is 0.383 e. The van der Waals surface area contributed by atoms with Crippen molar-refractivity contribution in [2.24, 2.45) is 7.05 Å². The first-order chi connectivity index (χ1) is 7.72. The monoisotopic (exact) mass is 225 g/mol. The van der Waals surface area contributed by atoms with Crippen molar-refractivity contribution in [1.82, 2.24) is 19.7 Å². The standard InChI is InChI=1S/C9H15N5O2/c1-13-8(10-6-11-13)12-9(15)14-4-3-7(14)5-16-2/h6-7H,3-5H2,1-2H3,(H,10,11,12,15). The molecule has 0 saturated carbocycles. The highest BCUT2D eigenvalue weighted by atomic mass is 16.5. The first-order valence-electron chi connectivity index (χ1n) is 5.13. The lowest BCUT2D eigenvalue weighted by molar-refractivity contribution is 0.0544. The number of hydrogen-bond donors (Lipinski definition) is 1. The van der Waals surface area contributed by atoms with E-state index in [2.05, 4.69) is 15.4 Å². The number of rotatable bonds is 3. The Hall–Kier alpha value is -1.63. The van der Waals surface area contributed by atoms with Gasteiger partial charge in [-0.05, 0) is 6.42 Å². The summed E-state index contributed by atoms with van der Waals surface area (Å²) in [7, 11) is 3.36. The van der Waals surface area contributed by atoms with E-state index in [9.17, 15) is 4.79 Å². The molecule has 1 aromatic rings. The summed E-state index contributed by atoms with van der Waals surface area (Å²) in [6, 6.07) is 0.0302. The Bertz CT molecular complexity index is 378. The molecule has 1 fully saturated rings. The van der Waals surface area contributed by atoms with E-state index in [1.54, 1.807) is 19.1 Å². The Labute approximate surface area is 93.4 Å². The van der Waals surface area contributed by atoms with Gasteiger partial charge < -0.3 is 9.64 Å². The van der Waals surface area contributed by atoms with Gasteiger partial charge in [0.15, 0.2) is 0 Å². The summed E-state index contributed by atoms with van der Waals surface area (Å²) < 4.78 is 6.55. The molecule has 16 heavy (non-hydrogen) atoms. The van der Waals surface area contributed by atoms with Crippen molar-refractivity contribution in [1.29, 1.82) is 0 Å². The van der Waals surface area contributed by atoms with E-state index in [0.29, 0.717) is 12.6 Å². The second-order valence-corrected chi connectivity index (χ2v) is 3.73. The lowest BCUT2D eigenvalue weighted by atomic mass is 10.1. The van der Waals surface area contributed by atoms with Gasteiger partial charge in [0.2, 0.25) is 5.95 Å². The molecule has 0 bridgehead atoms. The molecule has 2 heterocycles. The van der Waals surface area contributed by atoms with Crippen molar-refractivity contribution in [2.75, 3.05) is 25.6 Å². The predicted octanol–water partition coefficient (Wildman–Crippen LogP) is 0.0677. The van der Waals surface area contributed by atoms with Crippen molar-refractivity contribution in [2.45, 2.75) is 12.5 Å². The van der Waals surface area contributed by atoms with Gasteiger partial charge in [-0.25, -0.2) is 9.48 Å². The van der Waals surface area contributed by atoms with E-state index in [1.165, 1.54) is 11.0 Å². The number of methoxy groups -OCH3 is 1. The van der Waals surface area contributed by atoms with Crippen LogP contribution in [0.25, 0.3) is 0 Å². The van der Waals surface area contributed by atoms with Gasteiger partial charge in [0.1, 0.15) is 6.33 Å². The minimum absolute atomic E-state index is 0.149. The number of ether oxygens (including phenoxy) is 1. The van der Waals surface area contributed by atoms with Crippen molar-refractivity contribution in [3.63, 3.8) is 0 Å². The molecule has 88 valence electrons. The molecule has 0 aliphatic carbocycles. The van der Waals surface area contributed by atoms with E-state index in [-0.39, 0.29) is 12.1 Å². The molecular weight excluding hydrogens is 210 g/mol. The second kappa shape index (κ2) is 4.48. The minimum atomic E-state index is -0.149. The highest BCUT2D eigenvalue weighted by Crippen LogP contribution is 2.18. The highest BCUT2D eigenvalue weighted by Gasteiger charge is 2.32. The summed E-state index contributed by atoms with van der Waals surface area (Å²) in [5, 5.41) is 6.58. The Kier molecular flexibility index (Phi) is 3.04. The lowest BCUT2D eigenvalue weighted by Gasteiger charge is -2.40. The quantitative estimate of drug-likeness (QED) is 0.790. The van der Waals surface area contributed by atoms with Crippen LogP contribution in [0.4, 0.5) is 10.7 Å². The first kappa shape index (κ1) is 10.9. The third-order valence-corrected chi connectivity index (χ3v) is 2.69. The van der Waals surface area contributed by atoms with Crippen LogP contribution in [-0.2, 0) is 11.8 Å². The van der Waals surface area contributed by atoms with Crippen LogP contribution in [0.1, 0.15) is 6.42 Å². The van der Waals surface area contributed by atoms with Crippen molar-refractivity contribution in [3.8, 4) is 0 Å². The lowest BCUT2D eigenvalue weighted by Crippen LogP contribution is -2.54. The second-order valence-electron chi connectivity index (χ2n) is 3.73. The zero-order chi connectivity index (χ0) is 11.5. The average Bonchev–Trinajstić information content (AvgIpc) is 2.59. The number of likely N-dealkylation sites (tertiary alicyclic amines) is 1. The molecule has 2 amide bonds. The first-order valence-corrected chi connectivity index (χ1v) is 5.13. The molecule has 7 heteroatoms. The Morgan fingerprint density at radius 3 is 3.06 bits per heavy atom. The summed E-state index contributed by atoms with van der Waals surface area (Å²) >= 11 is 0. The minimum Gasteiger partial charge on any atom is -0.383 e. The van der Waals surface area contributed by atoms with Gasteiger partial charge in [0.05, 0.1) is 12.6 Å². The summed E-state index contributed by atoms with van der Waals surface area (Å²) in [6.07, 6.45) is 2.39. The van der Waals surface area contributed by atoms with Gasteiger partial charge in [-0.2, -0.15) is 10.1 Å². The molecule has 0 spiro atoms. The van der Waals surface area contributed by atoms with Crippen LogP contribution in [0.2, 0.25) is 0 Å². The maximum Gasteiger partial charge on any atom is 0.324 e. The molecule has 0 aromatic carbocycles. The number of aromatic nitrogens is 3. The maximum atomic E-state index is 11.8.